The van der Waals surface area contributed by atoms with Crippen LogP contribution in [0.15, 0.2) is 12.1 Å². The van der Waals surface area contributed by atoms with Crippen LogP contribution in [-0.2, 0) is 9.53 Å². The zero-order valence-corrected chi connectivity index (χ0v) is 10.2. The normalized spacial score (nSPS) is 11.8. The Kier molecular flexibility index (Phi) is 4.36. The summed E-state index contributed by atoms with van der Waals surface area (Å²) >= 11 is 0. The third-order valence-corrected chi connectivity index (χ3v) is 2.41. The van der Waals surface area contributed by atoms with Crippen molar-refractivity contribution in [3.05, 3.63) is 34.9 Å². The number of nitrogens with one attached hydrogen (secondary N) is 1. The summed E-state index contributed by atoms with van der Waals surface area (Å²) < 4.78 is 31.4. The van der Waals surface area contributed by atoms with E-state index in [1.807, 2.05) is 0 Å². The molecule has 0 aromatic heterocycles. The maximum absolute atomic E-state index is 13.6. The fourth-order valence-corrected chi connectivity index (χ4v) is 1.37. The lowest BCUT2D eigenvalue weighted by molar-refractivity contribution is -0.142. The van der Waals surface area contributed by atoms with E-state index in [2.05, 4.69) is 10.1 Å². The number of methoxy groups -OCH3 is 1. The molecule has 0 fully saturated rings. The standard InChI is InChI=1S/C12H13F2NO3/c1-6-4-5-8(13)9(10(6)14)11(16)15-7(2)12(17)18-3/h4-5,7H,1-3H3,(H,15,16)/t7-/m0/s1. The number of rotatable bonds is 3. The van der Waals surface area contributed by atoms with Gasteiger partial charge in [-0.15, -0.1) is 0 Å². The van der Waals surface area contributed by atoms with Crippen molar-refractivity contribution in [1.29, 1.82) is 0 Å². The Labute approximate surface area is 103 Å². The molecule has 1 aromatic carbocycles. The van der Waals surface area contributed by atoms with Crippen LogP contribution >= 0.6 is 0 Å². The van der Waals surface area contributed by atoms with Gasteiger partial charge in [0.05, 0.1) is 7.11 Å². The number of ether oxygens (including phenoxy) is 1. The van der Waals surface area contributed by atoms with Crippen LogP contribution in [0.1, 0.15) is 22.8 Å². The summed E-state index contributed by atoms with van der Waals surface area (Å²) in [6.45, 7) is 2.77. The summed E-state index contributed by atoms with van der Waals surface area (Å²) in [6, 6.07) is 1.24. The highest BCUT2D eigenvalue weighted by Crippen LogP contribution is 2.16. The topological polar surface area (TPSA) is 55.4 Å². The Hall–Kier alpha value is -1.98. The number of carbonyl (C=O) groups excluding carboxylic acids is 2. The summed E-state index contributed by atoms with van der Waals surface area (Å²) in [5, 5.41) is 2.16. The molecule has 1 aromatic rings. The van der Waals surface area contributed by atoms with Crippen molar-refractivity contribution >= 4 is 11.9 Å². The van der Waals surface area contributed by atoms with Crippen LogP contribution in [0.4, 0.5) is 8.78 Å². The largest absolute Gasteiger partial charge is 0.467 e. The lowest BCUT2D eigenvalue weighted by Gasteiger charge is -2.13. The molecule has 0 unspecified atom stereocenters. The Morgan fingerprint density at radius 1 is 1.33 bits per heavy atom. The summed E-state index contributed by atoms with van der Waals surface area (Å²) in [6.07, 6.45) is 0. The van der Waals surface area contributed by atoms with E-state index < -0.39 is 35.1 Å². The molecule has 0 aliphatic heterocycles. The molecule has 1 amide bonds. The third-order valence-electron chi connectivity index (χ3n) is 2.41. The molecule has 1 rings (SSSR count). The van der Waals surface area contributed by atoms with Gasteiger partial charge in [-0.25, -0.2) is 13.6 Å². The van der Waals surface area contributed by atoms with E-state index in [1.165, 1.54) is 19.9 Å². The van der Waals surface area contributed by atoms with Crippen molar-refractivity contribution in [2.45, 2.75) is 19.9 Å². The van der Waals surface area contributed by atoms with Crippen LogP contribution < -0.4 is 5.32 Å². The minimum atomic E-state index is -0.994. The SMILES string of the molecule is COC(=O)[C@H](C)NC(=O)c1c(F)ccc(C)c1F. The molecule has 0 saturated carbocycles. The molecule has 0 heterocycles. The highest BCUT2D eigenvalue weighted by Gasteiger charge is 2.23. The van der Waals surface area contributed by atoms with Gasteiger partial charge in [-0.1, -0.05) is 6.07 Å². The first kappa shape index (κ1) is 14.1. The lowest BCUT2D eigenvalue weighted by atomic mass is 10.1. The van der Waals surface area contributed by atoms with Gasteiger partial charge in [0.2, 0.25) is 0 Å². The van der Waals surface area contributed by atoms with Crippen LogP contribution in [0.2, 0.25) is 0 Å². The number of carbonyl (C=O) groups is 2. The highest BCUT2D eigenvalue weighted by molar-refractivity contribution is 5.97. The molecule has 0 bridgehead atoms. The Morgan fingerprint density at radius 3 is 2.50 bits per heavy atom. The van der Waals surface area contributed by atoms with Gasteiger partial charge in [-0.3, -0.25) is 4.79 Å². The summed E-state index contributed by atoms with van der Waals surface area (Å²) in [5.74, 6) is -3.61. The van der Waals surface area contributed by atoms with Gasteiger partial charge < -0.3 is 10.1 Å². The molecule has 1 atom stereocenters. The molecule has 0 aliphatic carbocycles. The van der Waals surface area contributed by atoms with Crippen molar-refractivity contribution in [3.8, 4) is 0 Å². The molecule has 0 spiro atoms. The van der Waals surface area contributed by atoms with Crippen molar-refractivity contribution in [2.75, 3.05) is 7.11 Å². The van der Waals surface area contributed by atoms with Crippen LogP contribution in [-0.4, -0.2) is 25.0 Å². The number of esters is 1. The molecule has 0 saturated heterocycles. The molecule has 0 radical (unpaired) electrons. The smallest absolute Gasteiger partial charge is 0.328 e. The predicted octanol–water partition coefficient (Wildman–Crippen LogP) is 1.56. The first-order valence-electron chi connectivity index (χ1n) is 5.21. The average molecular weight is 257 g/mol. The van der Waals surface area contributed by atoms with Crippen LogP contribution in [0.3, 0.4) is 0 Å². The quantitative estimate of drug-likeness (QED) is 0.836. The van der Waals surface area contributed by atoms with Crippen molar-refractivity contribution < 1.29 is 23.1 Å². The molecule has 6 heteroatoms. The van der Waals surface area contributed by atoms with Gasteiger partial charge >= 0.3 is 5.97 Å². The van der Waals surface area contributed by atoms with Crippen molar-refractivity contribution in [1.82, 2.24) is 5.32 Å². The first-order chi connectivity index (χ1) is 8.38. The van der Waals surface area contributed by atoms with Gasteiger partial charge in [-0.2, -0.15) is 0 Å². The zero-order valence-electron chi connectivity index (χ0n) is 10.2. The van der Waals surface area contributed by atoms with E-state index in [9.17, 15) is 18.4 Å². The molecule has 1 N–H and O–H groups in total. The van der Waals surface area contributed by atoms with Crippen LogP contribution in [0.25, 0.3) is 0 Å². The fraction of sp³-hybridized carbons (Fsp3) is 0.333. The molecule has 0 aliphatic rings. The predicted molar refractivity (Wildman–Crippen MR) is 60.0 cm³/mol. The van der Waals surface area contributed by atoms with Crippen molar-refractivity contribution in [3.63, 3.8) is 0 Å². The number of hydrogen-bond acceptors (Lipinski definition) is 3. The Bertz CT molecular complexity index is 488. The second-order valence-electron chi connectivity index (χ2n) is 3.77. The summed E-state index contributed by atoms with van der Waals surface area (Å²) in [7, 11) is 1.15. The zero-order chi connectivity index (χ0) is 13.9. The van der Waals surface area contributed by atoms with E-state index >= 15 is 0 Å². The van der Waals surface area contributed by atoms with Gasteiger partial charge in [0.1, 0.15) is 23.2 Å². The van der Waals surface area contributed by atoms with Crippen LogP contribution in [0.5, 0.6) is 0 Å². The minimum absolute atomic E-state index is 0.146. The third kappa shape index (κ3) is 2.82. The maximum atomic E-state index is 13.6. The maximum Gasteiger partial charge on any atom is 0.328 e. The van der Waals surface area contributed by atoms with Crippen LogP contribution in [0, 0.1) is 18.6 Å². The molecule has 98 valence electrons. The number of benzene rings is 1. The van der Waals surface area contributed by atoms with E-state index in [-0.39, 0.29) is 5.56 Å². The number of aryl methyl sites for hydroxylation is 1. The monoisotopic (exact) mass is 257 g/mol. The summed E-state index contributed by atoms with van der Waals surface area (Å²) in [4.78, 5) is 22.8. The van der Waals surface area contributed by atoms with Gasteiger partial charge in [-0.05, 0) is 25.5 Å². The molecular weight excluding hydrogens is 244 g/mol. The molecule has 18 heavy (non-hydrogen) atoms. The van der Waals surface area contributed by atoms with Gasteiger partial charge in [0.15, 0.2) is 0 Å². The Balaban J connectivity index is 2.98. The van der Waals surface area contributed by atoms with Crippen molar-refractivity contribution in [2.24, 2.45) is 0 Å². The molecular formula is C12H13F2NO3. The Morgan fingerprint density at radius 2 is 1.94 bits per heavy atom. The second kappa shape index (κ2) is 5.57. The average Bonchev–Trinajstić information content (AvgIpc) is 2.33. The highest BCUT2D eigenvalue weighted by atomic mass is 19.1. The minimum Gasteiger partial charge on any atom is -0.467 e. The number of hydrogen-bond donors (Lipinski definition) is 1. The lowest BCUT2D eigenvalue weighted by Crippen LogP contribution is -2.39. The number of amides is 1. The molecule has 4 nitrogen and oxygen atoms in total. The summed E-state index contributed by atoms with van der Waals surface area (Å²) in [5.41, 5.74) is -0.557. The number of halogens is 2. The second-order valence-corrected chi connectivity index (χ2v) is 3.77. The van der Waals surface area contributed by atoms with E-state index in [1.54, 1.807) is 0 Å². The fourth-order valence-electron chi connectivity index (χ4n) is 1.37. The van der Waals surface area contributed by atoms with E-state index in [0.717, 1.165) is 13.2 Å². The first-order valence-corrected chi connectivity index (χ1v) is 5.21. The van der Waals surface area contributed by atoms with Gasteiger partial charge in [0.25, 0.3) is 5.91 Å². The van der Waals surface area contributed by atoms with E-state index in [0.29, 0.717) is 0 Å². The van der Waals surface area contributed by atoms with Gasteiger partial charge in [0, 0.05) is 0 Å². The van der Waals surface area contributed by atoms with E-state index in [4.69, 9.17) is 0 Å².